The predicted octanol–water partition coefficient (Wildman–Crippen LogP) is 0.699. The highest BCUT2D eigenvalue weighted by molar-refractivity contribution is 5.98. The van der Waals surface area contributed by atoms with Crippen molar-refractivity contribution in [3.05, 3.63) is 36.0 Å². The van der Waals surface area contributed by atoms with Crippen molar-refractivity contribution < 1.29 is 23.9 Å². The van der Waals surface area contributed by atoms with Crippen LogP contribution in [0, 0.1) is 0 Å². The zero-order chi connectivity index (χ0) is 20.3. The van der Waals surface area contributed by atoms with Crippen LogP contribution in [0.1, 0.15) is 19.4 Å². The van der Waals surface area contributed by atoms with E-state index in [0.717, 1.165) is 21.4 Å². The number of nitrogens with one attached hydrogen (secondary N) is 3. The molecule has 3 N–H and O–H groups in total. The first-order chi connectivity index (χ1) is 13.4. The fourth-order valence-electron chi connectivity index (χ4n) is 3.17. The Morgan fingerprint density at radius 3 is 2.71 bits per heavy atom. The van der Waals surface area contributed by atoms with Crippen molar-refractivity contribution in [2.75, 3.05) is 13.1 Å². The number of rotatable bonds is 6. The van der Waals surface area contributed by atoms with Gasteiger partial charge in [0.05, 0.1) is 0 Å². The number of ether oxygens (including phenoxy) is 1. The second-order valence-electron chi connectivity index (χ2n) is 6.62. The van der Waals surface area contributed by atoms with Gasteiger partial charge in [0.1, 0.15) is 6.04 Å². The summed E-state index contributed by atoms with van der Waals surface area (Å²) in [7, 11) is 0. The average Bonchev–Trinajstić information content (AvgIpc) is 3.26. The normalized spacial score (nSPS) is 15.8. The zero-order valence-corrected chi connectivity index (χ0v) is 15.7. The Hall–Kier alpha value is -3.36. The molecule has 148 valence electrons. The molecule has 2 atom stereocenters. The number of hydrogen-bond acceptors (Lipinski definition) is 5. The van der Waals surface area contributed by atoms with Gasteiger partial charge in [-0.1, -0.05) is 18.2 Å². The van der Waals surface area contributed by atoms with Crippen molar-refractivity contribution in [1.82, 2.24) is 20.5 Å². The van der Waals surface area contributed by atoms with Crippen LogP contribution >= 0.6 is 0 Å². The number of aromatic amines is 1. The Morgan fingerprint density at radius 1 is 1.29 bits per heavy atom. The van der Waals surface area contributed by atoms with Crippen LogP contribution in [0.25, 0.3) is 10.9 Å². The summed E-state index contributed by atoms with van der Waals surface area (Å²) in [5.74, 6) is -1.72. The molecule has 1 saturated heterocycles. The number of imide groups is 1. The standard InChI is InChI=1S/C19H22N4O5/c1-11(17(25)23-8-7-20-19(23)27)28-18(26)16(22-12(2)24)9-13-10-21-15-6-4-3-5-14(13)15/h3-6,10-11,16,21H,7-9H2,1-2H3,(H,20,27)(H,22,24)/t11-,16+/m1/s1. The molecule has 0 saturated carbocycles. The van der Waals surface area contributed by atoms with Gasteiger partial charge in [0.2, 0.25) is 5.91 Å². The number of amides is 4. The number of carbonyl (C=O) groups is 4. The molecule has 0 aliphatic carbocycles. The van der Waals surface area contributed by atoms with Gasteiger partial charge in [-0.2, -0.15) is 0 Å². The van der Waals surface area contributed by atoms with E-state index >= 15 is 0 Å². The van der Waals surface area contributed by atoms with Gasteiger partial charge in [-0.05, 0) is 18.6 Å². The smallest absolute Gasteiger partial charge is 0.329 e. The maximum atomic E-state index is 12.6. The number of esters is 1. The summed E-state index contributed by atoms with van der Waals surface area (Å²) in [5, 5.41) is 6.03. The van der Waals surface area contributed by atoms with E-state index in [1.807, 2.05) is 24.3 Å². The van der Waals surface area contributed by atoms with Crippen molar-refractivity contribution in [2.45, 2.75) is 32.4 Å². The maximum Gasteiger partial charge on any atom is 0.329 e. The number of hydrogen-bond donors (Lipinski definition) is 3. The van der Waals surface area contributed by atoms with Gasteiger partial charge in [0.25, 0.3) is 5.91 Å². The van der Waals surface area contributed by atoms with Crippen LogP contribution in [0.15, 0.2) is 30.5 Å². The molecule has 1 fully saturated rings. The van der Waals surface area contributed by atoms with Gasteiger partial charge >= 0.3 is 12.0 Å². The summed E-state index contributed by atoms with van der Waals surface area (Å²) >= 11 is 0. The van der Waals surface area contributed by atoms with E-state index in [2.05, 4.69) is 15.6 Å². The fourth-order valence-corrected chi connectivity index (χ4v) is 3.17. The lowest BCUT2D eigenvalue weighted by atomic mass is 10.0. The maximum absolute atomic E-state index is 12.6. The van der Waals surface area contributed by atoms with E-state index in [4.69, 9.17) is 4.74 Å². The second-order valence-corrected chi connectivity index (χ2v) is 6.62. The molecule has 0 unspecified atom stereocenters. The largest absolute Gasteiger partial charge is 0.451 e. The van der Waals surface area contributed by atoms with E-state index in [-0.39, 0.29) is 18.9 Å². The van der Waals surface area contributed by atoms with Crippen LogP contribution in [0.3, 0.4) is 0 Å². The molecular weight excluding hydrogens is 364 g/mol. The van der Waals surface area contributed by atoms with Crippen molar-refractivity contribution in [3.8, 4) is 0 Å². The predicted molar refractivity (Wildman–Crippen MR) is 100 cm³/mol. The van der Waals surface area contributed by atoms with Crippen LogP contribution in [-0.2, 0) is 25.5 Å². The highest BCUT2D eigenvalue weighted by Crippen LogP contribution is 2.19. The number of benzene rings is 1. The number of fused-ring (bicyclic) bond motifs is 1. The second kappa shape index (κ2) is 8.12. The van der Waals surface area contributed by atoms with Gasteiger partial charge in [-0.25, -0.2) is 9.59 Å². The lowest BCUT2D eigenvalue weighted by molar-refractivity contribution is -0.159. The molecule has 4 amide bonds. The quantitative estimate of drug-likeness (QED) is 0.631. The third-order valence-electron chi connectivity index (χ3n) is 4.52. The van der Waals surface area contributed by atoms with E-state index in [1.54, 1.807) is 6.20 Å². The van der Waals surface area contributed by atoms with Crippen LogP contribution in [0.5, 0.6) is 0 Å². The summed E-state index contributed by atoms with van der Waals surface area (Å²) in [6, 6.07) is 6.13. The van der Waals surface area contributed by atoms with Crippen LogP contribution in [-0.4, -0.2) is 58.9 Å². The molecule has 1 aliphatic rings. The molecule has 1 aromatic heterocycles. The van der Waals surface area contributed by atoms with E-state index in [1.165, 1.54) is 13.8 Å². The number of carbonyl (C=O) groups excluding carboxylic acids is 4. The Balaban J connectivity index is 1.71. The summed E-state index contributed by atoms with van der Waals surface area (Å²) in [6.07, 6.45) is 0.833. The SMILES string of the molecule is CC(=O)N[C@@H](Cc1c[nH]c2ccccc12)C(=O)O[C@H](C)C(=O)N1CCNC1=O. The Labute approximate surface area is 161 Å². The summed E-state index contributed by atoms with van der Waals surface area (Å²) in [6.45, 7) is 3.30. The third kappa shape index (κ3) is 4.13. The molecule has 1 aliphatic heterocycles. The highest BCUT2D eigenvalue weighted by atomic mass is 16.5. The zero-order valence-electron chi connectivity index (χ0n) is 15.7. The molecule has 9 nitrogen and oxygen atoms in total. The lowest BCUT2D eigenvalue weighted by Gasteiger charge is -2.21. The minimum atomic E-state index is -1.14. The molecule has 0 radical (unpaired) electrons. The van der Waals surface area contributed by atoms with Crippen molar-refractivity contribution in [1.29, 1.82) is 0 Å². The van der Waals surface area contributed by atoms with E-state index in [9.17, 15) is 19.2 Å². The Morgan fingerprint density at radius 2 is 2.04 bits per heavy atom. The van der Waals surface area contributed by atoms with Crippen molar-refractivity contribution >= 4 is 34.7 Å². The highest BCUT2D eigenvalue weighted by Gasteiger charge is 2.33. The van der Waals surface area contributed by atoms with Gasteiger partial charge in [-0.15, -0.1) is 0 Å². The summed E-state index contributed by atoms with van der Waals surface area (Å²) in [5.41, 5.74) is 1.75. The van der Waals surface area contributed by atoms with Crippen LogP contribution in [0.2, 0.25) is 0 Å². The van der Waals surface area contributed by atoms with Gasteiger partial charge in [0, 0.05) is 43.5 Å². The molecule has 2 heterocycles. The van der Waals surface area contributed by atoms with E-state index < -0.39 is 30.1 Å². The monoisotopic (exact) mass is 386 g/mol. The van der Waals surface area contributed by atoms with E-state index in [0.29, 0.717) is 6.54 Å². The first-order valence-corrected chi connectivity index (χ1v) is 8.98. The van der Waals surface area contributed by atoms with Crippen LogP contribution < -0.4 is 10.6 Å². The third-order valence-corrected chi connectivity index (χ3v) is 4.52. The van der Waals surface area contributed by atoms with Crippen LogP contribution in [0.4, 0.5) is 4.79 Å². The molecule has 1 aromatic carbocycles. The molecule has 9 heteroatoms. The average molecular weight is 386 g/mol. The molecule has 28 heavy (non-hydrogen) atoms. The lowest BCUT2D eigenvalue weighted by Crippen LogP contribution is -2.47. The summed E-state index contributed by atoms with van der Waals surface area (Å²) < 4.78 is 5.26. The number of urea groups is 1. The first kappa shape index (κ1) is 19.4. The van der Waals surface area contributed by atoms with Gasteiger partial charge < -0.3 is 20.4 Å². The summed E-state index contributed by atoms with van der Waals surface area (Å²) in [4.78, 5) is 52.3. The number of H-pyrrole nitrogens is 1. The Bertz CT molecular complexity index is 922. The first-order valence-electron chi connectivity index (χ1n) is 8.98. The topological polar surface area (TPSA) is 121 Å². The number of aromatic nitrogens is 1. The Kier molecular flexibility index (Phi) is 5.62. The van der Waals surface area contributed by atoms with Gasteiger partial charge in [0.15, 0.2) is 6.10 Å². The molecule has 3 rings (SSSR count). The van der Waals surface area contributed by atoms with Crippen molar-refractivity contribution in [3.63, 3.8) is 0 Å². The molecule has 2 aromatic rings. The van der Waals surface area contributed by atoms with Gasteiger partial charge in [-0.3, -0.25) is 14.5 Å². The minimum Gasteiger partial charge on any atom is -0.451 e. The molecule has 0 bridgehead atoms. The fraction of sp³-hybridized carbons (Fsp3) is 0.368. The minimum absolute atomic E-state index is 0.202. The van der Waals surface area contributed by atoms with Crippen molar-refractivity contribution in [2.24, 2.45) is 0 Å². The number of para-hydroxylation sites is 1. The number of nitrogens with zero attached hydrogens (tertiary/aromatic N) is 1. The molecular formula is C19H22N4O5. The molecule has 0 spiro atoms.